The summed E-state index contributed by atoms with van der Waals surface area (Å²) >= 11 is 0. The molecule has 1 aliphatic rings. The molecule has 0 bridgehead atoms. The minimum atomic E-state index is -1.20. The van der Waals surface area contributed by atoms with Crippen LogP contribution in [0.2, 0.25) is 0 Å². The van der Waals surface area contributed by atoms with Crippen molar-refractivity contribution in [2.75, 3.05) is 46.2 Å². The number of aliphatic hydroxyl groups excluding tert-OH is 2. The van der Waals surface area contributed by atoms with Crippen LogP contribution in [0.15, 0.2) is 0 Å². The average Bonchev–Trinajstić information content (AvgIpc) is 2.76. The van der Waals surface area contributed by atoms with E-state index in [1.165, 1.54) is 13.8 Å². The largest absolute Gasteiger partial charge is 0.463 e. The summed E-state index contributed by atoms with van der Waals surface area (Å²) in [6, 6.07) is -1.06. The molecule has 14 nitrogen and oxygen atoms in total. The van der Waals surface area contributed by atoms with E-state index in [1.54, 1.807) is 0 Å². The molecule has 1 amide bonds. The van der Waals surface area contributed by atoms with Crippen LogP contribution in [0.25, 0.3) is 0 Å². The minimum absolute atomic E-state index is 0.00861. The molecule has 1 aliphatic heterocycles. The number of aliphatic hydroxyl groups is 2. The van der Waals surface area contributed by atoms with Crippen molar-refractivity contribution in [3.63, 3.8) is 0 Å². The fraction of sp³-hybridized carbons (Fsp3) is 0.810. The Labute approximate surface area is 203 Å². The number of rotatable bonds is 15. The molecule has 202 valence electrons. The van der Waals surface area contributed by atoms with Gasteiger partial charge in [0.25, 0.3) is 0 Å². The maximum absolute atomic E-state index is 11.8. The highest BCUT2D eigenvalue weighted by Crippen LogP contribution is 2.28. The zero-order valence-electron chi connectivity index (χ0n) is 20.3. The van der Waals surface area contributed by atoms with Crippen LogP contribution in [-0.4, -0.2) is 117 Å². The SMILES string of the molecule is CC(=O)N[C@H]1[C@H](OCCOCCOC[C@H](O)CO)O[C@H](COC(C)=O)[C@H](OC(C)=O)[C@@H]1OC(C)=O. The molecular weight excluding hydrogens is 474 g/mol. The lowest BCUT2D eigenvalue weighted by molar-refractivity contribution is -0.279. The summed E-state index contributed by atoms with van der Waals surface area (Å²) < 4.78 is 37.7. The first-order chi connectivity index (χ1) is 16.5. The van der Waals surface area contributed by atoms with Crippen molar-refractivity contribution in [3.8, 4) is 0 Å². The lowest BCUT2D eigenvalue weighted by Crippen LogP contribution is -2.66. The molecule has 0 unspecified atom stereocenters. The zero-order chi connectivity index (χ0) is 26.4. The smallest absolute Gasteiger partial charge is 0.303 e. The van der Waals surface area contributed by atoms with E-state index in [2.05, 4.69) is 5.32 Å². The molecule has 6 atom stereocenters. The first-order valence-electron chi connectivity index (χ1n) is 11.0. The number of hydrogen-bond donors (Lipinski definition) is 3. The molecule has 1 rings (SSSR count). The van der Waals surface area contributed by atoms with Crippen molar-refractivity contribution in [2.24, 2.45) is 0 Å². The van der Waals surface area contributed by atoms with Gasteiger partial charge in [0.05, 0.1) is 39.6 Å². The summed E-state index contributed by atoms with van der Waals surface area (Å²) in [6.07, 6.45) is -5.60. The number of carbonyl (C=O) groups is 4. The van der Waals surface area contributed by atoms with Crippen LogP contribution >= 0.6 is 0 Å². The third-order valence-electron chi connectivity index (χ3n) is 4.47. The maximum atomic E-state index is 11.8. The minimum Gasteiger partial charge on any atom is -0.463 e. The maximum Gasteiger partial charge on any atom is 0.303 e. The van der Waals surface area contributed by atoms with Crippen molar-refractivity contribution in [1.82, 2.24) is 5.32 Å². The second kappa shape index (κ2) is 16.3. The van der Waals surface area contributed by atoms with Crippen LogP contribution in [0, 0.1) is 0 Å². The normalized spacial score (nSPS) is 24.8. The second-order valence-electron chi connectivity index (χ2n) is 7.61. The molecule has 1 saturated heterocycles. The van der Waals surface area contributed by atoms with Crippen LogP contribution in [-0.2, 0) is 52.3 Å². The van der Waals surface area contributed by atoms with Gasteiger partial charge in [-0.05, 0) is 0 Å². The van der Waals surface area contributed by atoms with Crippen molar-refractivity contribution in [1.29, 1.82) is 0 Å². The molecule has 1 fully saturated rings. The molecule has 14 heteroatoms. The van der Waals surface area contributed by atoms with Crippen molar-refractivity contribution in [2.45, 2.75) is 64.4 Å². The van der Waals surface area contributed by atoms with Crippen LogP contribution in [0.4, 0.5) is 0 Å². The topological polar surface area (TPSA) is 185 Å². The van der Waals surface area contributed by atoms with Crippen LogP contribution in [0.5, 0.6) is 0 Å². The van der Waals surface area contributed by atoms with Gasteiger partial charge in [-0.1, -0.05) is 0 Å². The molecule has 0 aromatic heterocycles. The predicted octanol–water partition coefficient (Wildman–Crippen LogP) is -1.95. The van der Waals surface area contributed by atoms with Gasteiger partial charge in [-0.2, -0.15) is 0 Å². The third-order valence-corrected chi connectivity index (χ3v) is 4.47. The summed E-state index contributed by atoms with van der Waals surface area (Å²) in [7, 11) is 0. The molecule has 0 aromatic carbocycles. The Balaban J connectivity index is 2.86. The van der Waals surface area contributed by atoms with Crippen LogP contribution < -0.4 is 5.32 Å². The fourth-order valence-electron chi connectivity index (χ4n) is 3.15. The number of carbonyl (C=O) groups excluding carboxylic acids is 4. The Kier molecular flexibility index (Phi) is 14.3. The number of nitrogens with one attached hydrogen (secondary N) is 1. The summed E-state index contributed by atoms with van der Waals surface area (Å²) in [5.74, 6) is -2.50. The average molecular weight is 510 g/mol. The summed E-state index contributed by atoms with van der Waals surface area (Å²) in [5, 5.41) is 20.5. The molecule has 3 N–H and O–H groups in total. The van der Waals surface area contributed by atoms with Crippen molar-refractivity contribution < 1.29 is 62.5 Å². The zero-order valence-corrected chi connectivity index (χ0v) is 20.3. The second-order valence-corrected chi connectivity index (χ2v) is 7.61. The Morgan fingerprint density at radius 2 is 1.49 bits per heavy atom. The molecule has 35 heavy (non-hydrogen) atoms. The Morgan fingerprint density at radius 1 is 0.886 bits per heavy atom. The highest BCUT2D eigenvalue weighted by Gasteiger charge is 2.51. The van der Waals surface area contributed by atoms with Gasteiger partial charge in [0.1, 0.15) is 24.9 Å². The predicted molar refractivity (Wildman–Crippen MR) is 115 cm³/mol. The summed E-state index contributed by atoms with van der Waals surface area (Å²) in [4.78, 5) is 46.7. The van der Waals surface area contributed by atoms with Gasteiger partial charge in [0.15, 0.2) is 18.5 Å². The van der Waals surface area contributed by atoms with E-state index in [1.807, 2.05) is 0 Å². The van der Waals surface area contributed by atoms with Gasteiger partial charge < -0.3 is 48.7 Å². The van der Waals surface area contributed by atoms with Gasteiger partial charge in [-0.15, -0.1) is 0 Å². The van der Waals surface area contributed by atoms with Crippen LogP contribution in [0.3, 0.4) is 0 Å². The van der Waals surface area contributed by atoms with E-state index in [0.717, 1.165) is 13.8 Å². The fourth-order valence-corrected chi connectivity index (χ4v) is 3.15. The standard InChI is InChI=1S/C21H35NO13/c1-12(24)22-18-20(34-15(4)27)19(33-14(3)26)17(11-32-13(2)25)35-21(18)31-8-7-29-5-6-30-10-16(28)9-23/h16-21,23,28H,5-11H2,1-4H3,(H,22,24)/t16-,17-,18-,19+,20-,21-/m1/s1. The highest BCUT2D eigenvalue weighted by molar-refractivity contribution is 5.73. The third kappa shape index (κ3) is 12.2. The van der Waals surface area contributed by atoms with E-state index in [9.17, 15) is 24.3 Å². The Hall–Kier alpha value is -2.36. The van der Waals surface area contributed by atoms with E-state index in [0.29, 0.717) is 0 Å². The molecular formula is C21H35NO13. The Morgan fingerprint density at radius 3 is 2.06 bits per heavy atom. The van der Waals surface area contributed by atoms with Gasteiger partial charge >= 0.3 is 17.9 Å². The first kappa shape index (κ1) is 30.7. The van der Waals surface area contributed by atoms with Gasteiger partial charge in [0, 0.05) is 27.7 Å². The number of ether oxygens (including phenoxy) is 7. The number of hydrogen-bond acceptors (Lipinski definition) is 13. The highest BCUT2D eigenvalue weighted by atomic mass is 16.7. The lowest BCUT2D eigenvalue weighted by atomic mass is 9.96. The first-order valence-corrected chi connectivity index (χ1v) is 11.0. The van der Waals surface area contributed by atoms with Gasteiger partial charge in [0.2, 0.25) is 5.91 Å². The monoisotopic (exact) mass is 509 g/mol. The molecule has 0 spiro atoms. The molecule has 0 saturated carbocycles. The van der Waals surface area contributed by atoms with Crippen molar-refractivity contribution in [3.05, 3.63) is 0 Å². The van der Waals surface area contributed by atoms with Gasteiger partial charge in [-0.3, -0.25) is 19.2 Å². The number of amides is 1. The summed E-state index contributed by atoms with van der Waals surface area (Å²) in [6.45, 7) is 4.40. The van der Waals surface area contributed by atoms with Crippen LogP contribution in [0.1, 0.15) is 27.7 Å². The van der Waals surface area contributed by atoms with E-state index in [-0.39, 0.29) is 39.6 Å². The van der Waals surface area contributed by atoms with E-state index in [4.69, 9.17) is 38.3 Å². The summed E-state index contributed by atoms with van der Waals surface area (Å²) in [5.41, 5.74) is 0. The van der Waals surface area contributed by atoms with Gasteiger partial charge in [-0.25, -0.2) is 0 Å². The number of esters is 3. The molecule has 0 aliphatic carbocycles. The molecule has 0 aromatic rings. The van der Waals surface area contributed by atoms with E-state index >= 15 is 0 Å². The molecule has 1 heterocycles. The quantitative estimate of drug-likeness (QED) is 0.126. The van der Waals surface area contributed by atoms with E-state index < -0.39 is 67.2 Å². The molecule has 0 radical (unpaired) electrons. The lowest BCUT2D eigenvalue weighted by Gasteiger charge is -2.44. The Bertz CT molecular complexity index is 688. The van der Waals surface area contributed by atoms with Crippen molar-refractivity contribution >= 4 is 23.8 Å².